The molecule has 1 aromatic rings. The van der Waals surface area contributed by atoms with Gasteiger partial charge in [0.05, 0.1) is 13.1 Å². The van der Waals surface area contributed by atoms with Crippen molar-refractivity contribution in [2.45, 2.75) is 31.8 Å². The van der Waals surface area contributed by atoms with Crippen molar-refractivity contribution >= 4 is 17.5 Å². The van der Waals surface area contributed by atoms with Gasteiger partial charge in [-0.2, -0.15) is 0 Å². The molecule has 4 heteroatoms. The molecule has 0 heterocycles. The number of halogens is 1. The summed E-state index contributed by atoms with van der Waals surface area (Å²) in [5.41, 5.74) is 1.06. The van der Waals surface area contributed by atoms with Crippen molar-refractivity contribution in [1.82, 2.24) is 10.2 Å². The van der Waals surface area contributed by atoms with E-state index in [4.69, 9.17) is 18.0 Å². The molecule has 2 rings (SSSR count). The normalized spacial score (nSPS) is 15.7. The molecule has 20 heavy (non-hydrogen) atoms. The summed E-state index contributed by atoms with van der Waals surface area (Å²) in [6, 6.07) is 8.38. The van der Waals surface area contributed by atoms with E-state index in [1.807, 2.05) is 24.3 Å². The Morgan fingerprint density at radius 3 is 2.85 bits per heavy atom. The number of nitrogens with one attached hydrogen (secondary N) is 1. The first-order valence-electron chi connectivity index (χ1n) is 6.83. The fraction of sp³-hybridized carbons (Fsp3) is 0.438. The minimum atomic E-state index is -0.0336. The van der Waals surface area contributed by atoms with Crippen LogP contribution in [-0.2, 0) is 4.79 Å². The third kappa shape index (κ3) is 3.75. The van der Waals surface area contributed by atoms with E-state index in [0.717, 1.165) is 23.4 Å². The van der Waals surface area contributed by atoms with Crippen LogP contribution in [0.4, 0.5) is 0 Å². The molecule has 106 valence electrons. The van der Waals surface area contributed by atoms with E-state index < -0.39 is 0 Å². The first-order valence-corrected chi connectivity index (χ1v) is 7.21. The van der Waals surface area contributed by atoms with Gasteiger partial charge in [-0.25, -0.2) is 0 Å². The number of nitrogens with zero attached hydrogens (tertiary/aromatic N) is 1. The lowest BCUT2D eigenvalue weighted by molar-refractivity contribution is -0.122. The van der Waals surface area contributed by atoms with Crippen molar-refractivity contribution in [2.24, 2.45) is 0 Å². The van der Waals surface area contributed by atoms with E-state index in [-0.39, 0.29) is 18.5 Å². The number of hydrogen-bond acceptors (Lipinski definition) is 2. The molecule has 1 aliphatic rings. The SMILES string of the molecule is C#CCNC(=O)CN(C1CC1)C(C)c1ccccc1Cl. The molecule has 1 aliphatic carbocycles. The van der Waals surface area contributed by atoms with Crippen LogP contribution < -0.4 is 5.32 Å². The molecular weight excluding hydrogens is 272 g/mol. The predicted octanol–water partition coefficient (Wildman–Crippen LogP) is 2.61. The number of benzene rings is 1. The van der Waals surface area contributed by atoms with Crippen LogP contribution in [0.2, 0.25) is 5.02 Å². The van der Waals surface area contributed by atoms with E-state index in [0.29, 0.717) is 12.6 Å². The van der Waals surface area contributed by atoms with Crippen molar-refractivity contribution in [3.8, 4) is 12.3 Å². The Morgan fingerprint density at radius 2 is 2.25 bits per heavy atom. The molecule has 0 radical (unpaired) electrons. The monoisotopic (exact) mass is 290 g/mol. The molecule has 1 unspecified atom stereocenters. The van der Waals surface area contributed by atoms with Crippen LogP contribution in [-0.4, -0.2) is 29.9 Å². The number of carbonyl (C=O) groups excluding carboxylic acids is 1. The standard InChI is InChI=1S/C16H19ClN2O/c1-3-10-18-16(20)11-19(13-8-9-13)12(2)14-6-4-5-7-15(14)17/h1,4-7,12-13H,8-11H2,2H3,(H,18,20). The topological polar surface area (TPSA) is 32.3 Å². The van der Waals surface area contributed by atoms with Crippen molar-refractivity contribution in [3.63, 3.8) is 0 Å². The van der Waals surface area contributed by atoms with Crippen molar-refractivity contribution in [3.05, 3.63) is 34.9 Å². The van der Waals surface area contributed by atoms with E-state index in [2.05, 4.69) is 23.1 Å². The van der Waals surface area contributed by atoms with E-state index in [9.17, 15) is 4.79 Å². The van der Waals surface area contributed by atoms with Crippen LogP contribution in [0.25, 0.3) is 0 Å². The predicted molar refractivity (Wildman–Crippen MR) is 81.4 cm³/mol. The van der Waals surface area contributed by atoms with Gasteiger partial charge in [0.2, 0.25) is 5.91 Å². The van der Waals surface area contributed by atoms with Crippen molar-refractivity contribution < 1.29 is 4.79 Å². The van der Waals surface area contributed by atoms with Gasteiger partial charge in [-0.3, -0.25) is 9.69 Å². The second kappa shape index (κ2) is 6.78. The highest BCUT2D eigenvalue weighted by Gasteiger charge is 2.34. The van der Waals surface area contributed by atoms with Gasteiger partial charge in [-0.1, -0.05) is 35.7 Å². The summed E-state index contributed by atoms with van der Waals surface area (Å²) >= 11 is 6.25. The lowest BCUT2D eigenvalue weighted by atomic mass is 10.1. The number of hydrogen-bond donors (Lipinski definition) is 1. The number of rotatable bonds is 6. The summed E-state index contributed by atoms with van der Waals surface area (Å²) in [6.45, 7) is 2.73. The van der Waals surface area contributed by atoms with Gasteiger partial charge in [-0.05, 0) is 31.4 Å². The second-order valence-corrected chi connectivity index (χ2v) is 5.49. The zero-order chi connectivity index (χ0) is 14.5. The fourth-order valence-corrected chi connectivity index (χ4v) is 2.65. The largest absolute Gasteiger partial charge is 0.344 e. The summed E-state index contributed by atoms with van der Waals surface area (Å²) in [4.78, 5) is 14.1. The Balaban J connectivity index is 2.07. The quantitative estimate of drug-likeness (QED) is 0.817. The highest BCUT2D eigenvalue weighted by atomic mass is 35.5. The lowest BCUT2D eigenvalue weighted by Crippen LogP contribution is -2.40. The first-order chi connectivity index (χ1) is 9.63. The van der Waals surface area contributed by atoms with Crippen LogP contribution in [0, 0.1) is 12.3 Å². The third-order valence-electron chi connectivity index (χ3n) is 3.58. The van der Waals surface area contributed by atoms with E-state index in [1.54, 1.807) is 0 Å². The van der Waals surface area contributed by atoms with Gasteiger partial charge in [-0.15, -0.1) is 6.42 Å². The molecule has 3 nitrogen and oxygen atoms in total. The number of terminal acetylenes is 1. The Morgan fingerprint density at radius 1 is 1.55 bits per heavy atom. The highest BCUT2D eigenvalue weighted by Crippen LogP contribution is 2.36. The van der Waals surface area contributed by atoms with Gasteiger partial charge in [0, 0.05) is 17.1 Å². The molecule has 1 fully saturated rings. The van der Waals surface area contributed by atoms with Crippen LogP contribution in [0.15, 0.2) is 24.3 Å². The van der Waals surface area contributed by atoms with Crippen LogP contribution >= 0.6 is 11.6 Å². The fourth-order valence-electron chi connectivity index (χ4n) is 2.35. The number of amides is 1. The molecule has 1 amide bonds. The molecule has 1 atom stereocenters. The summed E-state index contributed by atoms with van der Waals surface area (Å²) in [7, 11) is 0. The Hall–Kier alpha value is -1.50. The van der Waals surface area contributed by atoms with Crippen molar-refractivity contribution in [2.75, 3.05) is 13.1 Å². The zero-order valence-electron chi connectivity index (χ0n) is 11.6. The lowest BCUT2D eigenvalue weighted by Gasteiger charge is -2.29. The maximum Gasteiger partial charge on any atom is 0.234 e. The maximum atomic E-state index is 11.9. The van der Waals surface area contributed by atoms with Gasteiger partial charge in [0.15, 0.2) is 0 Å². The Bertz CT molecular complexity index is 519. The van der Waals surface area contributed by atoms with Gasteiger partial charge < -0.3 is 5.32 Å². The van der Waals surface area contributed by atoms with E-state index in [1.165, 1.54) is 0 Å². The summed E-state index contributed by atoms with van der Waals surface area (Å²) in [5, 5.41) is 3.46. The Labute approximate surface area is 125 Å². The smallest absolute Gasteiger partial charge is 0.234 e. The van der Waals surface area contributed by atoms with Gasteiger partial charge in [0.1, 0.15) is 0 Å². The average Bonchev–Trinajstić information content (AvgIpc) is 3.27. The van der Waals surface area contributed by atoms with E-state index >= 15 is 0 Å². The second-order valence-electron chi connectivity index (χ2n) is 5.08. The number of carbonyl (C=O) groups is 1. The van der Waals surface area contributed by atoms with Crippen LogP contribution in [0.1, 0.15) is 31.4 Å². The third-order valence-corrected chi connectivity index (χ3v) is 3.93. The average molecular weight is 291 g/mol. The summed E-state index contributed by atoms with van der Waals surface area (Å²) in [5.74, 6) is 2.38. The van der Waals surface area contributed by atoms with Gasteiger partial charge >= 0.3 is 0 Å². The molecule has 1 N–H and O–H groups in total. The molecule has 1 saturated carbocycles. The minimum absolute atomic E-state index is 0.0336. The maximum absolute atomic E-state index is 11.9. The molecule has 0 bridgehead atoms. The van der Waals surface area contributed by atoms with Crippen molar-refractivity contribution in [1.29, 1.82) is 0 Å². The minimum Gasteiger partial charge on any atom is -0.344 e. The van der Waals surface area contributed by atoms with Crippen LogP contribution in [0.3, 0.4) is 0 Å². The molecule has 0 saturated heterocycles. The highest BCUT2D eigenvalue weighted by molar-refractivity contribution is 6.31. The Kier molecular flexibility index (Phi) is 5.05. The molecular formula is C16H19ClN2O. The van der Waals surface area contributed by atoms with Gasteiger partial charge in [0.25, 0.3) is 0 Å². The molecule has 1 aromatic carbocycles. The summed E-state index contributed by atoms with van der Waals surface area (Å²) in [6.07, 6.45) is 7.43. The molecule has 0 aromatic heterocycles. The van der Waals surface area contributed by atoms with Crippen LogP contribution in [0.5, 0.6) is 0 Å². The molecule has 0 spiro atoms. The first kappa shape index (κ1) is 14.9. The molecule has 0 aliphatic heterocycles. The zero-order valence-corrected chi connectivity index (χ0v) is 12.4. The summed E-state index contributed by atoms with van der Waals surface area (Å²) < 4.78 is 0.